The highest BCUT2D eigenvalue weighted by Gasteiger charge is 2.33. The molecular weight excluding hydrogens is 290 g/mol. The molecule has 3 rings (SSSR count). The van der Waals surface area contributed by atoms with Crippen LogP contribution in [0.25, 0.3) is 0 Å². The molecule has 2 amide bonds. The number of hydrogen-bond acceptors (Lipinski definition) is 3. The number of piperidine rings is 1. The first-order chi connectivity index (χ1) is 11.1. The normalized spacial score (nSPS) is 24.1. The van der Waals surface area contributed by atoms with Crippen LogP contribution in [-0.4, -0.2) is 37.5 Å². The summed E-state index contributed by atoms with van der Waals surface area (Å²) in [6.07, 6.45) is 3.97. The second kappa shape index (κ2) is 6.71. The second-order valence-corrected chi connectivity index (χ2v) is 6.65. The molecule has 0 radical (unpaired) electrons. The molecule has 0 aromatic heterocycles. The summed E-state index contributed by atoms with van der Waals surface area (Å²) in [6.45, 7) is 3.10. The molecule has 0 bridgehead atoms. The SMILES string of the molecule is CC1NCCCC1NC(=O)c1ccccc1N(C)C(=O)C1CC1. The zero-order chi connectivity index (χ0) is 16.4. The molecule has 1 aromatic carbocycles. The molecule has 1 aliphatic heterocycles. The maximum absolute atomic E-state index is 12.7. The van der Waals surface area contributed by atoms with Gasteiger partial charge in [0.25, 0.3) is 5.91 Å². The Bertz CT molecular complexity index is 598. The van der Waals surface area contributed by atoms with Gasteiger partial charge in [-0.3, -0.25) is 9.59 Å². The predicted molar refractivity (Wildman–Crippen MR) is 90.5 cm³/mol. The molecule has 2 unspecified atom stereocenters. The molecule has 124 valence electrons. The van der Waals surface area contributed by atoms with Gasteiger partial charge in [-0.1, -0.05) is 12.1 Å². The van der Waals surface area contributed by atoms with Gasteiger partial charge in [-0.2, -0.15) is 0 Å². The Morgan fingerprint density at radius 1 is 1.22 bits per heavy atom. The van der Waals surface area contributed by atoms with E-state index in [9.17, 15) is 9.59 Å². The fraction of sp³-hybridized carbons (Fsp3) is 0.556. The Morgan fingerprint density at radius 3 is 2.65 bits per heavy atom. The number of benzene rings is 1. The summed E-state index contributed by atoms with van der Waals surface area (Å²) >= 11 is 0. The topological polar surface area (TPSA) is 61.4 Å². The smallest absolute Gasteiger partial charge is 0.253 e. The van der Waals surface area contributed by atoms with E-state index in [0.29, 0.717) is 11.3 Å². The van der Waals surface area contributed by atoms with Gasteiger partial charge < -0.3 is 15.5 Å². The maximum Gasteiger partial charge on any atom is 0.253 e. The molecule has 2 N–H and O–H groups in total. The molecule has 1 aliphatic carbocycles. The van der Waals surface area contributed by atoms with Gasteiger partial charge in [-0.15, -0.1) is 0 Å². The van der Waals surface area contributed by atoms with Crippen LogP contribution < -0.4 is 15.5 Å². The standard InChI is InChI=1S/C18H25N3O2/c1-12-15(7-5-11-19-12)20-17(22)14-6-3-4-8-16(14)21(2)18(23)13-9-10-13/h3-4,6,8,12-13,15,19H,5,7,9-11H2,1-2H3,(H,20,22). The third kappa shape index (κ3) is 3.55. The van der Waals surface area contributed by atoms with Crippen molar-refractivity contribution in [3.05, 3.63) is 29.8 Å². The van der Waals surface area contributed by atoms with E-state index >= 15 is 0 Å². The van der Waals surface area contributed by atoms with E-state index in [0.717, 1.165) is 32.2 Å². The molecule has 1 aromatic rings. The summed E-state index contributed by atoms with van der Waals surface area (Å²) in [7, 11) is 1.76. The Labute approximate surface area is 137 Å². The summed E-state index contributed by atoms with van der Waals surface area (Å²) in [5.74, 6) is 0.147. The van der Waals surface area contributed by atoms with Gasteiger partial charge in [-0.25, -0.2) is 0 Å². The van der Waals surface area contributed by atoms with Crippen molar-refractivity contribution in [3.8, 4) is 0 Å². The van der Waals surface area contributed by atoms with Crippen LogP contribution in [0.1, 0.15) is 43.0 Å². The summed E-state index contributed by atoms with van der Waals surface area (Å²) in [4.78, 5) is 26.7. The van der Waals surface area contributed by atoms with Crippen molar-refractivity contribution in [1.82, 2.24) is 10.6 Å². The lowest BCUT2D eigenvalue weighted by Gasteiger charge is -2.31. The molecular formula is C18H25N3O2. The van der Waals surface area contributed by atoms with Crippen LogP contribution in [0.15, 0.2) is 24.3 Å². The molecule has 2 aliphatic rings. The molecule has 0 spiro atoms. The van der Waals surface area contributed by atoms with Crippen molar-refractivity contribution in [1.29, 1.82) is 0 Å². The number of hydrogen-bond donors (Lipinski definition) is 2. The van der Waals surface area contributed by atoms with Crippen molar-refractivity contribution in [2.45, 2.75) is 44.7 Å². The van der Waals surface area contributed by atoms with Gasteiger partial charge in [0, 0.05) is 25.0 Å². The van der Waals surface area contributed by atoms with Gasteiger partial charge in [0.15, 0.2) is 0 Å². The van der Waals surface area contributed by atoms with E-state index < -0.39 is 0 Å². The van der Waals surface area contributed by atoms with Crippen molar-refractivity contribution in [2.75, 3.05) is 18.5 Å². The van der Waals surface area contributed by atoms with E-state index in [2.05, 4.69) is 17.6 Å². The van der Waals surface area contributed by atoms with E-state index in [1.807, 2.05) is 18.2 Å². The lowest BCUT2D eigenvalue weighted by atomic mass is 9.99. The Kier molecular flexibility index (Phi) is 4.66. The van der Waals surface area contributed by atoms with Crippen molar-refractivity contribution in [2.24, 2.45) is 5.92 Å². The fourth-order valence-electron chi connectivity index (χ4n) is 3.17. The minimum Gasteiger partial charge on any atom is -0.348 e. The zero-order valence-corrected chi connectivity index (χ0v) is 13.8. The van der Waals surface area contributed by atoms with Gasteiger partial charge in [-0.05, 0) is 51.3 Å². The van der Waals surface area contributed by atoms with Crippen LogP contribution in [0.3, 0.4) is 0 Å². The third-order valence-electron chi connectivity index (χ3n) is 4.85. The monoisotopic (exact) mass is 315 g/mol. The maximum atomic E-state index is 12.7. The highest BCUT2D eigenvalue weighted by atomic mass is 16.2. The Balaban J connectivity index is 1.76. The molecule has 2 atom stereocenters. The Morgan fingerprint density at radius 2 is 1.96 bits per heavy atom. The lowest BCUT2D eigenvalue weighted by molar-refractivity contribution is -0.119. The lowest BCUT2D eigenvalue weighted by Crippen LogP contribution is -2.52. The van der Waals surface area contributed by atoms with Gasteiger partial charge in [0.1, 0.15) is 0 Å². The highest BCUT2D eigenvalue weighted by Crippen LogP contribution is 2.33. The van der Waals surface area contributed by atoms with Crippen LogP contribution in [0.2, 0.25) is 0 Å². The molecule has 2 fully saturated rings. The average Bonchev–Trinajstić information content (AvgIpc) is 3.40. The van der Waals surface area contributed by atoms with Crippen LogP contribution in [0.4, 0.5) is 5.69 Å². The number of amides is 2. The fourth-order valence-corrected chi connectivity index (χ4v) is 3.17. The quantitative estimate of drug-likeness (QED) is 0.892. The van der Waals surface area contributed by atoms with Crippen LogP contribution >= 0.6 is 0 Å². The largest absolute Gasteiger partial charge is 0.348 e. The van der Waals surface area contributed by atoms with E-state index in [-0.39, 0.29) is 29.8 Å². The van der Waals surface area contributed by atoms with E-state index in [1.54, 1.807) is 18.0 Å². The van der Waals surface area contributed by atoms with Crippen LogP contribution in [-0.2, 0) is 4.79 Å². The molecule has 1 heterocycles. The van der Waals surface area contributed by atoms with Crippen LogP contribution in [0, 0.1) is 5.92 Å². The molecule has 1 saturated carbocycles. The second-order valence-electron chi connectivity index (χ2n) is 6.65. The number of nitrogens with one attached hydrogen (secondary N) is 2. The first-order valence-corrected chi connectivity index (χ1v) is 8.49. The van der Waals surface area contributed by atoms with E-state index in [4.69, 9.17) is 0 Å². The number of rotatable bonds is 4. The van der Waals surface area contributed by atoms with Gasteiger partial charge >= 0.3 is 0 Å². The van der Waals surface area contributed by atoms with Crippen LogP contribution in [0.5, 0.6) is 0 Å². The third-order valence-corrected chi connectivity index (χ3v) is 4.85. The average molecular weight is 315 g/mol. The Hall–Kier alpha value is -1.88. The molecule has 23 heavy (non-hydrogen) atoms. The molecule has 5 nitrogen and oxygen atoms in total. The van der Waals surface area contributed by atoms with Crippen molar-refractivity contribution < 1.29 is 9.59 Å². The number of nitrogens with zero attached hydrogens (tertiary/aromatic N) is 1. The van der Waals surface area contributed by atoms with Gasteiger partial charge in [0.05, 0.1) is 11.3 Å². The number of para-hydroxylation sites is 1. The minimum atomic E-state index is -0.100. The van der Waals surface area contributed by atoms with E-state index in [1.165, 1.54) is 0 Å². The first-order valence-electron chi connectivity index (χ1n) is 8.49. The molecule has 5 heteroatoms. The first kappa shape index (κ1) is 16.0. The number of carbonyl (C=O) groups excluding carboxylic acids is 2. The summed E-state index contributed by atoms with van der Waals surface area (Å²) < 4.78 is 0. The number of carbonyl (C=O) groups is 2. The predicted octanol–water partition coefficient (Wildman–Crippen LogP) is 1.93. The minimum absolute atomic E-state index is 0.100. The summed E-state index contributed by atoms with van der Waals surface area (Å²) in [5.41, 5.74) is 1.26. The van der Waals surface area contributed by atoms with Crippen molar-refractivity contribution >= 4 is 17.5 Å². The summed E-state index contributed by atoms with van der Waals surface area (Å²) in [5, 5.41) is 6.51. The highest BCUT2D eigenvalue weighted by molar-refractivity contribution is 6.05. The summed E-state index contributed by atoms with van der Waals surface area (Å²) in [6, 6.07) is 7.75. The van der Waals surface area contributed by atoms with Crippen molar-refractivity contribution in [3.63, 3.8) is 0 Å². The van der Waals surface area contributed by atoms with Gasteiger partial charge in [0.2, 0.25) is 5.91 Å². The zero-order valence-electron chi connectivity index (χ0n) is 13.8. The number of anilines is 1. The molecule has 1 saturated heterocycles.